The van der Waals surface area contributed by atoms with Gasteiger partial charge in [-0.25, -0.2) is 4.79 Å². The second-order valence-electron chi connectivity index (χ2n) is 6.00. The van der Waals surface area contributed by atoms with E-state index in [1.807, 2.05) is 24.0 Å². The highest BCUT2D eigenvalue weighted by atomic mass is 32.1. The molecule has 0 radical (unpaired) electrons. The first-order valence-corrected chi connectivity index (χ1v) is 8.69. The zero-order chi connectivity index (χ0) is 15.5. The lowest BCUT2D eigenvalue weighted by molar-refractivity contribution is 0.128. The number of fused-ring (bicyclic) bond motifs is 1. The van der Waals surface area contributed by atoms with Crippen LogP contribution in [0.4, 0.5) is 4.79 Å². The van der Waals surface area contributed by atoms with Crippen LogP contribution in [0, 0.1) is 5.92 Å². The minimum atomic E-state index is -0.0269. The van der Waals surface area contributed by atoms with E-state index in [0.717, 1.165) is 19.4 Å². The SMILES string of the molecule is C[C@H](NC(=O)N1CCC[C@@H](CO)C1)c1csc2ccccc12. The molecule has 0 saturated carbocycles. The van der Waals surface area contributed by atoms with Gasteiger partial charge < -0.3 is 15.3 Å². The van der Waals surface area contributed by atoms with Gasteiger partial charge in [-0.05, 0) is 48.1 Å². The average molecular weight is 318 g/mol. The van der Waals surface area contributed by atoms with Gasteiger partial charge in [-0.15, -0.1) is 11.3 Å². The summed E-state index contributed by atoms with van der Waals surface area (Å²) in [5.41, 5.74) is 1.17. The lowest BCUT2D eigenvalue weighted by Gasteiger charge is -2.32. The first-order valence-electron chi connectivity index (χ1n) is 7.81. The first-order chi connectivity index (χ1) is 10.7. The van der Waals surface area contributed by atoms with Gasteiger partial charge in [-0.2, -0.15) is 0 Å². The van der Waals surface area contributed by atoms with Crippen LogP contribution >= 0.6 is 11.3 Å². The quantitative estimate of drug-likeness (QED) is 0.911. The Balaban J connectivity index is 1.68. The molecule has 1 aliphatic rings. The summed E-state index contributed by atoms with van der Waals surface area (Å²) >= 11 is 1.71. The number of likely N-dealkylation sites (tertiary alicyclic amines) is 1. The summed E-state index contributed by atoms with van der Waals surface area (Å²) in [6.07, 6.45) is 1.97. The number of carbonyl (C=O) groups is 1. The Morgan fingerprint density at radius 1 is 1.50 bits per heavy atom. The van der Waals surface area contributed by atoms with Crippen molar-refractivity contribution in [2.45, 2.75) is 25.8 Å². The summed E-state index contributed by atoms with van der Waals surface area (Å²) in [5.74, 6) is 0.219. The second-order valence-corrected chi connectivity index (χ2v) is 6.91. The molecule has 1 fully saturated rings. The highest BCUT2D eigenvalue weighted by Gasteiger charge is 2.24. The summed E-state index contributed by atoms with van der Waals surface area (Å²) < 4.78 is 1.25. The Kier molecular flexibility index (Phi) is 4.64. The fourth-order valence-corrected chi connectivity index (χ4v) is 4.14. The molecule has 1 aromatic carbocycles. The Morgan fingerprint density at radius 3 is 3.14 bits per heavy atom. The van der Waals surface area contributed by atoms with Gasteiger partial charge >= 0.3 is 6.03 Å². The molecule has 3 rings (SSSR count). The maximum atomic E-state index is 12.4. The standard InChI is InChI=1S/C17H22N2O2S/c1-12(15-11-22-16-7-3-2-6-14(15)16)18-17(21)19-8-4-5-13(9-19)10-20/h2-3,6-7,11-13,20H,4-5,8-10H2,1H3,(H,18,21)/t12-,13+/m0/s1. The normalized spacial score (nSPS) is 20.1. The Bertz CT molecular complexity index is 655. The van der Waals surface area contributed by atoms with E-state index in [1.165, 1.54) is 15.6 Å². The summed E-state index contributed by atoms with van der Waals surface area (Å²) in [4.78, 5) is 14.3. The third kappa shape index (κ3) is 3.10. The number of aliphatic hydroxyl groups excluding tert-OH is 1. The Morgan fingerprint density at radius 2 is 2.32 bits per heavy atom. The second kappa shape index (κ2) is 6.67. The lowest BCUT2D eigenvalue weighted by Crippen LogP contribution is -2.46. The van der Waals surface area contributed by atoms with Gasteiger partial charge in [0.2, 0.25) is 0 Å². The summed E-state index contributed by atoms with van der Waals surface area (Å²) in [6, 6.07) is 8.23. The van der Waals surface area contributed by atoms with Crippen molar-refractivity contribution in [3.8, 4) is 0 Å². The number of amides is 2. The summed E-state index contributed by atoms with van der Waals surface area (Å²) in [5, 5.41) is 15.7. The topological polar surface area (TPSA) is 52.6 Å². The van der Waals surface area contributed by atoms with Crippen molar-refractivity contribution < 1.29 is 9.90 Å². The van der Waals surface area contributed by atoms with E-state index < -0.39 is 0 Å². The molecule has 5 heteroatoms. The minimum absolute atomic E-state index is 0.0156. The van der Waals surface area contributed by atoms with Gasteiger partial charge in [0.1, 0.15) is 0 Å². The van der Waals surface area contributed by atoms with E-state index in [0.29, 0.717) is 6.54 Å². The molecular formula is C17H22N2O2S. The van der Waals surface area contributed by atoms with E-state index in [9.17, 15) is 9.90 Å². The molecule has 0 aliphatic carbocycles. The van der Waals surface area contributed by atoms with E-state index in [4.69, 9.17) is 0 Å². The number of urea groups is 1. The predicted octanol–water partition coefficient (Wildman–Crippen LogP) is 3.38. The largest absolute Gasteiger partial charge is 0.396 e. The number of benzene rings is 1. The van der Waals surface area contributed by atoms with Crippen LogP contribution in [-0.2, 0) is 0 Å². The van der Waals surface area contributed by atoms with Gasteiger partial charge in [0.15, 0.2) is 0 Å². The number of thiophene rings is 1. The fourth-order valence-electron chi connectivity index (χ4n) is 3.09. The molecular weight excluding hydrogens is 296 g/mol. The van der Waals surface area contributed by atoms with Crippen LogP contribution in [0.25, 0.3) is 10.1 Å². The van der Waals surface area contributed by atoms with Crippen LogP contribution in [0.5, 0.6) is 0 Å². The molecule has 2 heterocycles. The van der Waals surface area contributed by atoms with Gasteiger partial charge in [-0.1, -0.05) is 18.2 Å². The van der Waals surface area contributed by atoms with Crippen molar-refractivity contribution in [1.82, 2.24) is 10.2 Å². The van der Waals surface area contributed by atoms with Crippen LogP contribution in [0.15, 0.2) is 29.6 Å². The van der Waals surface area contributed by atoms with Gasteiger partial charge in [0.05, 0.1) is 6.04 Å². The third-order valence-electron chi connectivity index (χ3n) is 4.38. The van der Waals surface area contributed by atoms with E-state index >= 15 is 0 Å². The zero-order valence-corrected chi connectivity index (χ0v) is 13.6. The molecule has 22 heavy (non-hydrogen) atoms. The molecule has 118 valence electrons. The summed E-state index contributed by atoms with van der Waals surface area (Å²) in [7, 11) is 0. The molecule has 1 aromatic heterocycles. The predicted molar refractivity (Wildman–Crippen MR) is 90.2 cm³/mol. The van der Waals surface area contributed by atoms with E-state index in [1.54, 1.807) is 11.3 Å². The monoisotopic (exact) mass is 318 g/mol. The first kappa shape index (κ1) is 15.3. The molecule has 1 saturated heterocycles. The van der Waals surface area contributed by atoms with Crippen LogP contribution in [0.2, 0.25) is 0 Å². The average Bonchev–Trinajstić information content (AvgIpc) is 2.99. The molecule has 1 aliphatic heterocycles. The fraction of sp³-hybridized carbons (Fsp3) is 0.471. The van der Waals surface area contributed by atoms with Crippen molar-refractivity contribution >= 4 is 27.5 Å². The highest BCUT2D eigenvalue weighted by molar-refractivity contribution is 7.17. The molecule has 2 aromatic rings. The van der Waals surface area contributed by atoms with Crippen LogP contribution in [-0.4, -0.2) is 35.7 Å². The van der Waals surface area contributed by atoms with E-state index in [2.05, 4.69) is 22.8 Å². The maximum absolute atomic E-state index is 12.4. The Labute approximate surface area is 134 Å². The van der Waals surface area contributed by atoms with Crippen LogP contribution < -0.4 is 5.32 Å². The Hall–Kier alpha value is -1.59. The highest BCUT2D eigenvalue weighted by Crippen LogP contribution is 2.30. The van der Waals surface area contributed by atoms with Crippen LogP contribution in [0.1, 0.15) is 31.4 Å². The molecule has 2 N–H and O–H groups in total. The number of nitrogens with one attached hydrogen (secondary N) is 1. The van der Waals surface area contributed by atoms with Crippen molar-refractivity contribution in [1.29, 1.82) is 0 Å². The van der Waals surface area contributed by atoms with Crippen molar-refractivity contribution in [3.05, 3.63) is 35.2 Å². The zero-order valence-electron chi connectivity index (χ0n) is 12.8. The number of aliphatic hydroxyl groups is 1. The number of hydrogen-bond donors (Lipinski definition) is 2. The minimum Gasteiger partial charge on any atom is -0.396 e. The number of carbonyl (C=O) groups excluding carboxylic acids is 1. The van der Waals surface area contributed by atoms with Gasteiger partial charge in [0.25, 0.3) is 0 Å². The van der Waals surface area contributed by atoms with Crippen molar-refractivity contribution in [3.63, 3.8) is 0 Å². The molecule has 0 unspecified atom stereocenters. The number of piperidine rings is 1. The summed E-state index contributed by atoms with van der Waals surface area (Å²) in [6.45, 7) is 3.62. The van der Waals surface area contributed by atoms with Gasteiger partial charge in [-0.3, -0.25) is 0 Å². The number of nitrogens with zero attached hydrogens (tertiary/aromatic N) is 1. The van der Waals surface area contributed by atoms with Crippen molar-refractivity contribution in [2.75, 3.05) is 19.7 Å². The third-order valence-corrected chi connectivity index (χ3v) is 5.36. The van der Waals surface area contributed by atoms with Gasteiger partial charge in [0, 0.05) is 24.4 Å². The smallest absolute Gasteiger partial charge is 0.317 e. The van der Waals surface area contributed by atoms with Crippen LogP contribution in [0.3, 0.4) is 0 Å². The molecule has 0 spiro atoms. The molecule has 0 bridgehead atoms. The number of rotatable bonds is 3. The number of hydrogen-bond acceptors (Lipinski definition) is 3. The lowest BCUT2D eigenvalue weighted by atomic mass is 9.99. The molecule has 4 nitrogen and oxygen atoms in total. The molecule has 2 amide bonds. The van der Waals surface area contributed by atoms with Crippen molar-refractivity contribution in [2.24, 2.45) is 5.92 Å². The molecule has 2 atom stereocenters. The van der Waals surface area contributed by atoms with E-state index in [-0.39, 0.29) is 24.6 Å². The maximum Gasteiger partial charge on any atom is 0.317 e.